The second-order valence-electron chi connectivity index (χ2n) is 19.9. The molecule has 8 bridgehead atoms. The van der Waals surface area contributed by atoms with Gasteiger partial charge in [-0.2, -0.15) is 0 Å². The molecule has 0 radical (unpaired) electrons. The third-order valence-electron chi connectivity index (χ3n) is 14.5. The number of carbonyl (C=O) groups is 4. The molecule has 1 aliphatic carbocycles. The number of Topliss-reactive ketones (excluding diaryl/α,β-unsaturated/α-hetero) is 2. The third kappa shape index (κ3) is 11.7. The molecule has 0 amide bonds. The monoisotopic (exact) mass is 911 g/mol. The van der Waals surface area contributed by atoms with Gasteiger partial charge >= 0.3 is 35.0 Å². The first-order valence-electron chi connectivity index (χ1n) is 24.4. The summed E-state index contributed by atoms with van der Waals surface area (Å²) in [6, 6.07) is 5.86. The predicted octanol–water partition coefficient (Wildman–Crippen LogP) is 11.2. The van der Waals surface area contributed by atoms with E-state index >= 15 is 0 Å². The molecule has 3 aromatic heterocycles. The number of carbonyl (C=O) groups excluding carboxylic acids is 4. The van der Waals surface area contributed by atoms with Crippen LogP contribution in [-0.4, -0.2) is 60.3 Å². The van der Waals surface area contributed by atoms with Crippen molar-refractivity contribution in [3.63, 3.8) is 0 Å². The van der Waals surface area contributed by atoms with Crippen LogP contribution in [-0.2, 0) is 19.1 Å². The number of nitrogens with zero attached hydrogens (tertiary/aromatic N) is 2. The maximum Gasteiger partial charge on any atom is 2.00 e. The number of nitrogens with one attached hydrogen (secondary N) is 2. The minimum Gasteiger partial charge on any atom is -0.657 e. The molecule has 3 aromatic rings. The maximum atomic E-state index is 14.4. The fraction of sp³-hybridized carbons (Fsp3) is 0.564. The molecule has 10 nitrogen and oxygen atoms in total. The summed E-state index contributed by atoms with van der Waals surface area (Å²) in [6.45, 7) is 23.3. The van der Waals surface area contributed by atoms with Gasteiger partial charge in [0.15, 0.2) is 23.0 Å². The summed E-state index contributed by atoms with van der Waals surface area (Å²) in [4.78, 5) is 71.9. The Morgan fingerprint density at radius 2 is 1.45 bits per heavy atom. The molecule has 66 heavy (non-hydrogen) atoms. The number of methoxy groups -OCH3 is 1. The Kier molecular flexibility index (Phi) is 18.4. The first-order valence-corrected chi connectivity index (χ1v) is 24.4. The van der Waals surface area contributed by atoms with Gasteiger partial charge in [0.2, 0.25) is 11.4 Å². The number of ether oxygens (including phenoxy) is 2. The number of H-pyrrole nitrogens is 2. The first kappa shape index (κ1) is 52.6. The minimum atomic E-state index is -1.22. The average molecular weight is 912 g/mol. The Labute approximate surface area is 409 Å². The molecular formula is C55H74MgN4O6+2. The van der Waals surface area contributed by atoms with E-state index in [0.29, 0.717) is 62.4 Å². The number of fused-ring (bicyclic) bond motifs is 8. The molecule has 2 aliphatic heterocycles. The zero-order valence-corrected chi connectivity index (χ0v) is 43.4. The van der Waals surface area contributed by atoms with Crippen molar-refractivity contribution in [2.24, 2.45) is 17.8 Å². The molecule has 2 N–H and O–H groups in total. The van der Waals surface area contributed by atoms with Crippen LogP contribution in [0.1, 0.15) is 217 Å². The van der Waals surface area contributed by atoms with E-state index in [1.807, 2.05) is 38.1 Å². The van der Waals surface area contributed by atoms with E-state index in [4.69, 9.17) is 19.4 Å². The molecule has 5 heterocycles. The SMILES string of the molecule is CCC1=C(C)c2cc3[n-]c(cc4[nH+]c(c5c6[n-]c(cc1[nH+]2)c(C)c6C(=O)[C@@H]5C(=O)OC)[C@@H](CCC(=O)OC/C=C(\C)CCC[C@H](C)CCC[C@H](C)CCCC(C)C)[C@@H]4C)c(C)c3C(C)=O.[Mg+2]. The van der Waals surface area contributed by atoms with Crippen molar-refractivity contribution in [1.29, 1.82) is 0 Å². The van der Waals surface area contributed by atoms with E-state index in [1.54, 1.807) is 6.92 Å². The van der Waals surface area contributed by atoms with Crippen molar-refractivity contribution >= 4 is 79.8 Å². The summed E-state index contributed by atoms with van der Waals surface area (Å²) in [5, 5.41) is 0. The van der Waals surface area contributed by atoms with Crippen molar-refractivity contribution in [2.45, 2.75) is 171 Å². The predicted molar refractivity (Wildman–Crippen MR) is 263 cm³/mol. The van der Waals surface area contributed by atoms with Crippen molar-refractivity contribution in [1.82, 2.24) is 9.97 Å². The molecule has 0 saturated carbocycles. The van der Waals surface area contributed by atoms with Gasteiger partial charge in [0.05, 0.1) is 18.9 Å². The number of ketones is 2. The molecule has 0 aromatic carbocycles. The summed E-state index contributed by atoms with van der Waals surface area (Å²) >= 11 is 0. The van der Waals surface area contributed by atoms with E-state index in [-0.39, 0.29) is 65.5 Å². The van der Waals surface area contributed by atoms with Crippen molar-refractivity contribution in [2.75, 3.05) is 13.7 Å². The average Bonchev–Trinajstić information content (AvgIpc) is 4.00. The van der Waals surface area contributed by atoms with Gasteiger partial charge in [-0.3, -0.25) is 19.2 Å². The fourth-order valence-electron chi connectivity index (χ4n) is 10.4. The van der Waals surface area contributed by atoms with Crippen LogP contribution < -0.4 is 19.9 Å². The van der Waals surface area contributed by atoms with Crippen LogP contribution in [0.15, 0.2) is 29.8 Å². The summed E-state index contributed by atoms with van der Waals surface area (Å²) in [5.41, 5.74) is 11.7. The smallest absolute Gasteiger partial charge is 0.657 e. The second kappa shape index (κ2) is 23.1. The second-order valence-corrected chi connectivity index (χ2v) is 19.9. The molecule has 6 rings (SSSR count). The standard InChI is InChI=1S/C55H73N4O6.Mg/c1-13-39-34(7)41-29-46-48(38(11)60)36(9)43(57-46)27-42-35(8)40(52(58-42)50-51(55(63)64-12)54(62)49-37(10)44(59-53(49)50)28-45(39)56-41)23-24-47(61)65-26-25-33(6)22-16-21-32(5)20-15-19-31(4)18-14-17-30(2)3;/h25,27-32,35,40,51H,13-24,26H2,1-12H3,(H-,56,57,58,59,60,62);/q-1;+2/p+1/b33-25+;/t31-,32-,35+,40+,51-;/m1./s1. The van der Waals surface area contributed by atoms with Gasteiger partial charge in [-0.1, -0.05) is 103 Å². The van der Waals surface area contributed by atoms with E-state index in [1.165, 1.54) is 57.6 Å². The van der Waals surface area contributed by atoms with Crippen molar-refractivity contribution in [3.05, 3.63) is 80.4 Å². The number of aromatic amines is 2. The molecule has 5 atom stereocenters. The number of allylic oxidation sites excluding steroid dienone is 3. The summed E-state index contributed by atoms with van der Waals surface area (Å²) < 4.78 is 11.1. The van der Waals surface area contributed by atoms with Crippen LogP contribution in [0.3, 0.4) is 0 Å². The fourth-order valence-corrected chi connectivity index (χ4v) is 10.4. The van der Waals surface area contributed by atoms with Crippen molar-refractivity contribution in [3.8, 4) is 0 Å². The number of hydrogen-bond acceptors (Lipinski definition) is 6. The number of esters is 2. The topological polar surface area (TPSA) is 143 Å². The quantitative estimate of drug-likeness (QED) is 0.0358. The molecule has 350 valence electrons. The van der Waals surface area contributed by atoms with Gasteiger partial charge in [-0.05, 0) is 102 Å². The van der Waals surface area contributed by atoms with Crippen LogP contribution >= 0.6 is 0 Å². The van der Waals surface area contributed by atoms with Crippen LogP contribution in [0.25, 0.3) is 33.2 Å². The number of aromatic nitrogens is 4. The molecule has 0 unspecified atom stereocenters. The molecule has 3 aliphatic rings. The molecule has 0 fully saturated rings. The van der Waals surface area contributed by atoms with Gasteiger partial charge < -0.3 is 19.4 Å². The van der Waals surface area contributed by atoms with Crippen LogP contribution in [0, 0.1) is 31.6 Å². The summed E-state index contributed by atoms with van der Waals surface area (Å²) in [5.74, 6) is -0.808. The molecule has 0 saturated heterocycles. The normalized spacial score (nSPS) is 17.9. The zero-order valence-electron chi connectivity index (χ0n) is 42.0. The van der Waals surface area contributed by atoms with Crippen LogP contribution in [0.2, 0.25) is 0 Å². The summed E-state index contributed by atoms with van der Waals surface area (Å²) in [7, 11) is 1.29. The van der Waals surface area contributed by atoms with Gasteiger partial charge in [0, 0.05) is 34.3 Å². The number of rotatable bonds is 20. The van der Waals surface area contributed by atoms with E-state index in [2.05, 4.69) is 65.4 Å². The van der Waals surface area contributed by atoms with Gasteiger partial charge in [0.25, 0.3) is 0 Å². The Morgan fingerprint density at radius 3 is 2.09 bits per heavy atom. The Hall–Kier alpha value is -4.35. The first-order chi connectivity index (χ1) is 30.9. The number of aryl methyl sites for hydroxylation is 2. The number of hydrogen-bond donors (Lipinski definition) is 0. The third-order valence-corrected chi connectivity index (χ3v) is 14.5. The van der Waals surface area contributed by atoms with Gasteiger partial charge in [-0.15, -0.1) is 22.1 Å². The van der Waals surface area contributed by atoms with E-state index in [9.17, 15) is 19.2 Å². The largest absolute Gasteiger partial charge is 2.00 e. The van der Waals surface area contributed by atoms with Crippen molar-refractivity contribution < 1.29 is 38.6 Å². The maximum absolute atomic E-state index is 14.4. The van der Waals surface area contributed by atoms with Crippen LogP contribution in [0.4, 0.5) is 0 Å². The minimum absolute atomic E-state index is 0. The Balaban J connectivity index is 0.00000817. The summed E-state index contributed by atoms with van der Waals surface area (Å²) in [6.07, 6.45) is 14.5. The zero-order chi connectivity index (χ0) is 47.3. The molecule has 0 spiro atoms. The molecular weight excluding hydrogens is 837 g/mol. The van der Waals surface area contributed by atoms with E-state index < -0.39 is 11.9 Å². The van der Waals surface area contributed by atoms with E-state index in [0.717, 1.165) is 64.9 Å². The molecule has 11 heteroatoms. The van der Waals surface area contributed by atoms with Crippen LogP contribution in [0.5, 0.6) is 0 Å². The van der Waals surface area contributed by atoms with Gasteiger partial charge in [-0.25, -0.2) is 9.97 Å². The van der Waals surface area contributed by atoms with Gasteiger partial charge in [0.1, 0.15) is 12.5 Å². The Morgan fingerprint density at radius 1 is 0.818 bits per heavy atom. The Bertz CT molecular complexity index is 2540.